The summed E-state index contributed by atoms with van der Waals surface area (Å²) in [5.74, 6) is 0.0403. The van der Waals surface area contributed by atoms with Crippen molar-refractivity contribution in [2.24, 2.45) is 0 Å². The normalized spacial score (nSPS) is 14.9. The van der Waals surface area contributed by atoms with Crippen molar-refractivity contribution in [3.05, 3.63) is 18.2 Å². The van der Waals surface area contributed by atoms with Gasteiger partial charge in [0.15, 0.2) is 0 Å². The lowest BCUT2D eigenvalue weighted by Gasteiger charge is -2.25. The van der Waals surface area contributed by atoms with Gasteiger partial charge in [0, 0.05) is 18.8 Å². The number of nitrogens with zero attached hydrogens (tertiary/aromatic N) is 2. The van der Waals surface area contributed by atoms with E-state index in [1.165, 1.54) is 0 Å². The van der Waals surface area contributed by atoms with Crippen molar-refractivity contribution in [2.45, 2.75) is 32.4 Å². The molecule has 84 valence electrons. The molecule has 0 saturated carbocycles. The molecule has 0 saturated heterocycles. The predicted molar refractivity (Wildman–Crippen MR) is 56.7 cm³/mol. The molecule has 0 aliphatic heterocycles. The Morgan fingerprint density at radius 3 is 2.87 bits per heavy atom. The summed E-state index contributed by atoms with van der Waals surface area (Å²) in [6.07, 6.45) is 4.29. The molecule has 1 atom stereocenters. The largest absolute Gasteiger partial charge is 0.480 e. The molecular formula is C10H17N3O2. The predicted octanol–water partition coefficient (Wildman–Crippen LogP) is 0.508. The minimum atomic E-state index is -0.954. The maximum Gasteiger partial charge on any atom is 0.325 e. The number of aliphatic carboxylic acids is 1. The molecule has 5 nitrogen and oxygen atoms in total. The fourth-order valence-corrected chi connectivity index (χ4v) is 1.39. The third kappa shape index (κ3) is 2.36. The van der Waals surface area contributed by atoms with Gasteiger partial charge in [-0.05, 0) is 14.0 Å². The van der Waals surface area contributed by atoms with Gasteiger partial charge in [0.1, 0.15) is 11.4 Å². The van der Waals surface area contributed by atoms with Crippen LogP contribution in [0.4, 0.5) is 0 Å². The molecular weight excluding hydrogens is 194 g/mol. The molecule has 1 heterocycles. The van der Waals surface area contributed by atoms with E-state index in [9.17, 15) is 4.79 Å². The molecule has 1 aromatic rings. The van der Waals surface area contributed by atoms with E-state index in [0.29, 0.717) is 6.54 Å². The molecule has 2 N–H and O–H groups in total. The Morgan fingerprint density at radius 2 is 2.40 bits per heavy atom. The number of nitrogens with one attached hydrogen (secondary N) is 1. The molecule has 1 aromatic heterocycles. The molecule has 0 amide bonds. The van der Waals surface area contributed by atoms with E-state index in [0.717, 1.165) is 12.2 Å². The van der Waals surface area contributed by atoms with Crippen LogP contribution in [0.3, 0.4) is 0 Å². The van der Waals surface area contributed by atoms with Crippen molar-refractivity contribution in [3.8, 4) is 0 Å². The van der Waals surface area contributed by atoms with E-state index >= 15 is 0 Å². The van der Waals surface area contributed by atoms with Crippen LogP contribution in [0.5, 0.6) is 0 Å². The number of likely N-dealkylation sites (N-methyl/N-ethyl adjacent to an activating group) is 1. The Labute approximate surface area is 89.1 Å². The monoisotopic (exact) mass is 211 g/mol. The molecule has 1 unspecified atom stereocenters. The Morgan fingerprint density at radius 1 is 1.73 bits per heavy atom. The van der Waals surface area contributed by atoms with Gasteiger partial charge in [-0.3, -0.25) is 4.79 Å². The van der Waals surface area contributed by atoms with Gasteiger partial charge in [-0.2, -0.15) is 0 Å². The number of aryl methyl sites for hydroxylation is 1. The van der Waals surface area contributed by atoms with E-state index in [1.54, 1.807) is 26.4 Å². The van der Waals surface area contributed by atoms with Crippen LogP contribution in [0.1, 0.15) is 19.7 Å². The van der Waals surface area contributed by atoms with Crippen LogP contribution in [-0.2, 0) is 17.8 Å². The highest BCUT2D eigenvalue weighted by atomic mass is 16.4. The SMILES string of the molecule is CCc1nccn1CC(C)(NC)C(=O)O. The smallest absolute Gasteiger partial charge is 0.325 e. The lowest BCUT2D eigenvalue weighted by atomic mass is 10.0. The number of hydrogen-bond acceptors (Lipinski definition) is 3. The summed E-state index contributed by atoms with van der Waals surface area (Å²) in [7, 11) is 1.65. The molecule has 1 rings (SSSR count). The summed E-state index contributed by atoms with van der Waals surface area (Å²) in [5.41, 5.74) is -0.954. The molecule has 0 aliphatic rings. The van der Waals surface area contributed by atoms with E-state index in [4.69, 9.17) is 5.11 Å². The number of carboxylic acid groups (broad SMARTS) is 1. The summed E-state index contributed by atoms with van der Waals surface area (Å²) >= 11 is 0. The van der Waals surface area contributed by atoms with Crippen LogP contribution in [0.25, 0.3) is 0 Å². The first kappa shape index (κ1) is 11.7. The highest BCUT2D eigenvalue weighted by Gasteiger charge is 2.31. The number of carboxylic acids is 1. The van der Waals surface area contributed by atoms with Crippen LogP contribution in [0, 0.1) is 0 Å². The summed E-state index contributed by atoms with van der Waals surface area (Å²) in [6, 6.07) is 0. The lowest BCUT2D eigenvalue weighted by Crippen LogP contribution is -2.50. The Bertz CT molecular complexity index is 348. The minimum Gasteiger partial charge on any atom is -0.480 e. The van der Waals surface area contributed by atoms with Gasteiger partial charge in [-0.15, -0.1) is 0 Å². The molecule has 0 bridgehead atoms. The summed E-state index contributed by atoms with van der Waals surface area (Å²) in [4.78, 5) is 15.2. The second-order valence-electron chi connectivity index (χ2n) is 3.71. The van der Waals surface area contributed by atoms with Crippen LogP contribution in [0.15, 0.2) is 12.4 Å². The number of rotatable bonds is 5. The van der Waals surface area contributed by atoms with Crippen LogP contribution in [0.2, 0.25) is 0 Å². The summed E-state index contributed by atoms with van der Waals surface area (Å²) in [6.45, 7) is 4.03. The fourth-order valence-electron chi connectivity index (χ4n) is 1.39. The van der Waals surface area contributed by atoms with Crippen LogP contribution >= 0.6 is 0 Å². The van der Waals surface area contributed by atoms with E-state index < -0.39 is 11.5 Å². The minimum absolute atomic E-state index is 0.377. The number of hydrogen-bond donors (Lipinski definition) is 2. The zero-order chi connectivity index (χ0) is 11.5. The lowest BCUT2D eigenvalue weighted by molar-refractivity contribution is -0.144. The average Bonchev–Trinajstić information content (AvgIpc) is 2.64. The maximum absolute atomic E-state index is 11.1. The van der Waals surface area contributed by atoms with Gasteiger partial charge in [-0.25, -0.2) is 4.98 Å². The first-order chi connectivity index (χ1) is 7.03. The third-order valence-corrected chi connectivity index (χ3v) is 2.63. The van der Waals surface area contributed by atoms with E-state index in [1.807, 2.05) is 11.5 Å². The zero-order valence-corrected chi connectivity index (χ0v) is 9.32. The summed E-state index contributed by atoms with van der Waals surface area (Å²) in [5, 5.41) is 11.9. The van der Waals surface area contributed by atoms with E-state index in [-0.39, 0.29) is 0 Å². The Balaban J connectivity index is 2.88. The Hall–Kier alpha value is -1.36. The fraction of sp³-hybridized carbons (Fsp3) is 0.600. The van der Waals surface area contributed by atoms with Gasteiger partial charge in [0.05, 0.1) is 6.54 Å². The molecule has 15 heavy (non-hydrogen) atoms. The van der Waals surface area contributed by atoms with Gasteiger partial charge in [0.2, 0.25) is 0 Å². The van der Waals surface area contributed by atoms with Crippen molar-refractivity contribution in [1.29, 1.82) is 0 Å². The second-order valence-corrected chi connectivity index (χ2v) is 3.71. The van der Waals surface area contributed by atoms with Gasteiger partial charge in [-0.1, -0.05) is 6.92 Å². The van der Waals surface area contributed by atoms with Crippen molar-refractivity contribution < 1.29 is 9.90 Å². The number of carbonyl (C=O) groups is 1. The highest BCUT2D eigenvalue weighted by molar-refractivity contribution is 5.78. The van der Waals surface area contributed by atoms with E-state index in [2.05, 4.69) is 10.3 Å². The number of aromatic nitrogens is 2. The van der Waals surface area contributed by atoms with Crippen molar-refractivity contribution in [1.82, 2.24) is 14.9 Å². The number of imidazole rings is 1. The van der Waals surface area contributed by atoms with Gasteiger partial charge in [0.25, 0.3) is 0 Å². The second kappa shape index (κ2) is 4.44. The molecule has 0 aromatic carbocycles. The van der Waals surface area contributed by atoms with Crippen LogP contribution in [-0.4, -0.2) is 33.2 Å². The quantitative estimate of drug-likeness (QED) is 0.744. The van der Waals surface area contributed by atoms with Crippen molar-refractivity contribution in [2.75, 3.05) is 7.05 Å². The first-order valence-electron chi connectivity index (χ1n) is 4.96. The highest BCUT2D eigenvalue weighted by Crippen LogP contribution is 2.10. The molecule has 5 heteroatoms. The van der Waals surface area contributed by atoms with Gasteiger partial charge >= 0.3 is 5.97 Å². The molecule has 0 aliphatic carbocycles. The Kier molecular flexibility index (Phi) is 3.47. The zero-order valence-electron chi connectivity index (χ0n) is 9.32. The average molecular weight is 211 g/mol. The standard InChI is InChI=1S/C10H17N3O2/c1-4-8-12-5-6-13(8)7-10(2,11-3)9(14)15/h5-6,11H,4,7H2,1-3H3,(H,14,15). The van der Waals surface area contributed by atoms with Crippen molar-refractivity contribution in [3.63, 3.8) is 0 Å². The molecule has 0 radical (unpaired) electrons. The van der Waals surface area contributed by atoms with Gasteiger partial charge < -0.3 is 15.0 Å². The topological polar surface area (TPSA) is 67.2 Å². The maximum atomic E-state index is 11.1. The molecule has 0 fully saturated rings. The third-order valence-electron chi connectivity index (χ3n) is 2.63. The first-order valence-corrected chi connectivity index (χ1v) is 4.96. The van der Waals surface area contributed by atoms with Crippen LogP contribution < -0.4 is 5.32 Å². The van der Waals surface area contributed by atoms with Crippen molar-refractivity contribution >= 4 is 5.97 Å². The molecule has 0 spiro atoms. The summed E-state index contributed by atoms with van der Waals surface area (Å²) < 4.78 is 1.87.